The van der Waals surface area contributed by atoms with Crippen LogP contribution >= 0.6 is 12.4 Å². The van der Waals surface area contributed by atoms with E-state index in [-0.39, 0.29) is 18.0 Å². The Bertz CT molecular complexity index is 977. The molecule has 2 heterocycles. The molecular weight excluding hydrogens is 465 g/mol. The molecule has 178 valence electrons. The summed E-state index contributed by atoms with van der Waals surface area (Å²) in [6.07, 6.45) is -1.89. The predicted octanol–water partition coefficient (Wildman–Crippen LogP) is 4.58. The largest absolute Gasteiger partial charge is 0.481 e. The van der Waals surface area contributed by atoms with Gasteiger partial charge in [-0.25, -0.2) is 13.4 Å². The summed E-state index contributed by atoms with van der Waals surface area (Å²) < 4.78 is 68.1. The van der Waals surface area contributed by atoms with Gasteiger partial charge >= 0.3 is 6.18 Å². The van der Waals surface area contributed by atoms with Crippen LogP contribution in [0.5, 0.6) is 5.88 Å². The van der Waals surface area contributed by atoms with E-state index >= 15 is 0 Å². The van der Waals surface area contributed by atoms with Gasteiger partial charge in [-0.15, -0.1) is 12.4 Å². The number of hydrogen-bond donors (Lipinski definition) is 0. The summed E-state index contributed by atoms with van der Waals surface area (Å²) in [5.74, 6) is -1.99. The maximum Gasteiger partial charge on any atom is 0.396 e. The molecule has 1 saturated heterocycles. The van der Waals surface area contributed by atoms with Crippen molar-refractivity contribution in [2.45, 2.75) is 37.4 Å². The van der Waals surface area contributed by atoms with Crippen LogP contribution in [-0.4, -0.2) is 56.7 Å². The molecule has 0 amide bonds. The second kappa shape index (κ2) is 10.9. The van der Waals surface area contributed by atoms with E-state index in [0.29, 0.717) is 18.3 Å². The zero-order chi connectivity index (χ0) is 22.6. The van der Waals surface area contributed by atoms with Crippen LogP contribution in [0.25, 0.3) is 0 Å². The molecule has 1 aliphatic heterocycles. The molecule has 1 fully saturated rings. The molecule has 1 aromatic carbocycles. The van der Waals surface area contributed by atoms with Crippen LogP contribution in [0.3, 0.4) is 0 Å². The van der Waals surface area contributed by atoms with Gasteiger partial charge < -0.3 is 4.74 Å². The molecule has 0 radical (unpaired) electrons. The Hall–Kier alpha value is -1.84. The average molecular weight is 493 g/mol. The second-order valence-electron chi connectivity index (χ2n) is 8.08. The summed E-state index contributed by atoms with van der Waals surface area (Å²) >= 11 is 0. The maximum absolute atomic E-state index is 13.3. The highest BCUT2D eigenvalue weighted by atomic mass is 35.5. The van der Waals surface area contributed by atoms with Gasteiger partial charge in [-0.1, -0.05) is 30.3 Å². The van der Waals surface area contributed by atoms with Gasteiger partial charge in [-0.2, -0.15) is 13.2 Å². The summed E-state index contributed by atoms with van der Waals surface area (Å²) in [5.41, 5.74) is 1.90. The number of methoxy groups -OCH3 is 1. The third kappa shape index (κ3) is 7.35. The third-order valence-electron chi connectivity index (χ3n) is 5.61. The van der Waals surface area contributed by atoms with Crippen LogP contribution in [0.1, 0.15) is 41.5 Å². The number of benzene rings is 1. The lowest BCUT2D eigenvalue weighted by Crippen LogP contribution is -2.32. The monoisotopic (exact) mass is 492 g/mol. The topological polar surface area (TPSA) is 59.5 Å². The molecular formula is C22H28ClF3N2O3S. The fraction of sp³-hybridized carbons (Fsp3) is 0.500. The number of pyridine rings is 1. The van der Waals surface area contributed by atoms with Crippen LogP contribution in [-0.2, 0) is 16.4 Å². The summed E-state index contributed by atoms with van der Waals surface area (Å²) in [7, 11) is -2.17. The predicted molar refractivity (Wildman–Crippen MR) is 120 cm³/mol. The number of likely N-dealkylation sites (tertiary alicyclic amines) is 1. The summed E-state index contributed by atoms with van der Waals surface area (Å²) in [5, 5.41) is 0. The second-order valence-corrected chi connectivity index (χ2v) is 10.3. The van der Waals surface area contributed by atoms with Gasteiger partial charge in [-0.05, 0) is 43.1 Å². The van der Waals surface area contributed by atoms with E-state index in [9.17, 15) is 21.6 Å². The lowest BCUT2D eigenvalue weighted by molar-refractivity contribution is -0.145. The highest BCUT2D eigenvalue weighted by molar-refractivity contribution is 7.90. The Labute approximate surface area is 193 Å². The van der Waals surface area contributed by atoms with Gasteiger partial charge in [0.1, 0.15) is 9.84 Å². The fourth-order valence-corrected chi connectivity index (χ4v) is 4.94. The molecule has 3 rings (SSSR count). The number of ether oxygens (including phenoxy) is 1. The molecule has 0 bridgehead atoms. The number of alkyl halides is 3. The minimum Gasteiger partial charge on any atom is -0.481 e. The van der Waals surface area contributed by atoms with Gasteiger partial charge in [0.2, 0.25) is 5.88 Å². The lowest BCUT2D eigenvalue weighted by Gasteiger charge is -2.31. The first kappa shape index (κ1) is 26.4. The smallest absolute Gasteiger partial charge is 0.396 e. The highest BCUT2D eigenvalue weighted by Gasteiger charge is 2.42. The van der Waals surface area contributed by atoms with Gasteiger partial charge in [0, 0.05) is 30.5 Å². The summed E-state index contributed by atoms with van der Waals surface area (Å²) in [6, 6.07) is 11.9. The third-order valence-corrected chi connectivity index (χ3v) is 6.55. The van der Waals surface area contributed by atoms with Crippen LogP contribution in [0, 0.1) is 0 Å². The van der Waals surface area contributed by atoms with E-state index in [1.165, 1.54) is 12.1 Å². The van der Waals surface area contributed by atoms with Crippen molar-refractivity contribution in [2.24, 2.45) is 0 Å². The SMILES string of the molecule is COc1cccc(C2CCN(Cc3ccc([C@H](CS(C)(=O)=O)C(F)(F)F)cc3)CC2)n1.Cl. The summed E-state index contributed by atoms with van der Waals surface area (Å²) in [6.45, 7) is 2.37. The normalized spacial score (nSPS) is 16.9. The molecule has 32 heavy (non-hydrogen) atoms. The van der Waals surface area contributed by atoms with Crippen LogP contribution in [0.15, 0.2) is 42.5 Å². The standard InChI is InChI=1S/C22H27F3N2O3S.ClH/c1-30-21-5-3-4-20(26-21)18-10-12-27(13-11-18)14-16-6-8-17(9-7-16)19(22(23,24)25)15-31(2,28)29;/h3-9,18-19H,10-15H2,1-2H3;1H/t19-;/m0./s1. The molecule has 1 aromatic heterocycles. The van der Waals surface area contributed by atoms with E-state index in [1.54, 1.807) is 19.2 Å². The average Bonchev–Trinajstić information content (AvgIpc) is 2.72. The number of rotatable bonds is 7. The van der Waals surface area contributed by atoms with E-state index < -0.39 is 27.7 Å². The quantitative estimate of drug-likeness (QED) is 0.566. The molecule has 0 aliphatic carbocycles. The highest BCUT2D eigenvalue weighted by Crippen LogP contribution is 2.36. The Morgan fingerprint density at radius 2 is 1.75 bits per heavy atom. The van der Waals surface area contributed by atoms with Crippen molar-refractivity contribution in [3.05, 3.63) is 59.3 Å². The number of piperidine rings is 1. The molecule has 0 unspecified atom stereocenters. The van der Waals surface area contributed by atoms with Crippen molar-refractivity contribution in [3.8, 4) is 5.88 Å². The van der Waals surface area contributed by atoms with E-state index in [1.807, 2.05) is 18.2 Å². The van der Waals surface area contributed by atoms with Gasteiger partial charge in [0.25, 0.3) is 0 Å². The molecule has 1 atom stereocenters. The zero-order valence-corrected chi connectivity index (χ0v) is 19.6. The van der Waals surface area contributed by atoms with Crippen molar-refractivity contribution in [2.75, 3.05) is 32.2 Å². The number of aromatic nitrogens is 1. The zero-order valence-electron chi connectivity index (χ0n) is 18.0. The minimum atomic E-state index is -4.61. The first-order valence-corrected chi connectivity index (χ1v) is 12.2. The Balaban J connectivity index is 0.00000363. The number of halogens is 4. The van der Waals surface area contributed by atoms with Gasteiger partial charge in [0.05, 0.1) is 18.8 Å². The Morgan fingerprint density at radius 3 is 2.28 bits per heavy atom. The van der Waals surface area contributed by atoms with Crippen molar-refractivity contribution in [1.29, 1.82) is 0 Å². The van der Waals surface area contributed by atoms with Crippen LogP contribution < -0.4 is 4.74 Å². The van der Waals surface area contributed by atoms with Gasteiger partial charge in [-0.3, -0.25) is 4.90 Å². The Kier molecular flexibility index (Phi) is 8.96. The number of hydrogen-bond acceptors (Lipinski definition) is 5. The number of nitrogens with zero attached hydrogens (tertiary/aromatic N) is 2. The molecule has 1 aliphatic rings. The summed E-state index contributed by atoms with van der Waals surface area (Å²) in [4.78, 5) is 6.79. The molecule has 5 nitrogen and oxygen atoms in total. The first-order chi connectivity index (χ1) is 14.5. The Morgan fingerprint density at radius 1 is 1.12 bits per heavy atom. The van der Waals surface area contributed by atoms with E-state index in [4.69, 9.17) is 4.74 Å². The van der Waals surface area contributed by atoms with Gasteiger partial charge in [0.15, 0.2) is 0 Å². The fourth-order valence-electron chi connectivity index (χ4n) is 3.95. The van der Waals surface area contributed by atoms with Crippen molar-refractivity contribution < 1.29 is 26.3 Å². The van der Waals surface area contributed by atoms with Crippen molar-refractivity contribution in [3.63, 3.8) is 0 Å². The molecule has 10 heteroatoms. The van der Waals surface area contributed by atoms with Crippen LogP contribution in [0.2, 0.25) is 0 Å². The molecule has 0 spiro atoms. The van der Waals surface area contributed by atoms with Crippen molar-refractivity contribution in [1.82, 2.24) is 9.88 Å². The molecule has 0 saturated carbocycles. The number of sulfone groups is 1. The molecule has 0 N–H and O–H groups in total. The van der Waals surface area contributed by atoms with E-state index in [2.05, 4.69) is 9.88 Å². The van der Waals surface area contributed by atoms with Crippen molar-refractivity contribution >= 4 is 22.2 Å². The lowest BCUT2D eigenvalue weighted by atomic mass is 9.92. The van der Waals surface area contributed by atoms with E-state index in [0.717, 1.165) is 43.4 Å². The minimum absolute atomic E-state index is 0. The molecule has 2 aromatic rings. The first-order valence-electron chi connectivity index (χ1n) is 10.1. The van der Waals surface area contributed by atoms with Crippen LogP contribution in [0.4, 0.5) is 13.2 Å². The maximum atomic E-state index is 13.3.